The van der Waals surface area contributed by atoms with Gasteiger partial charge in [-0.2, -0.15) is 5.10 Å². The van der Waals surface area contributed by atoms with Gasteiger partial charge in [-0.05, 0) is 6.07 Å². The molecule has 2 rings (SSSR count). The molecule has 2 amide bonds. The molecule has 2 aromatic rings. The standard InChI is InChI=1S/C9H8N6O2/c10-7(16)5-4-12-9(6(14-5)8(11)17)15-3-1-2-13-15/h1-4H,(H2,10,16)(H2,11,17). The van der Waals surface area contributed by atoms with Crippen LogP contribution < -0.4 is 11.5 Å². The summed E-state index contributed by atoms with van der Waals surface area (Å²) in [6, 6.07) is 1.65. The zero-order valence-electron chi connectivity index (χ0n) is 8.57. The lowest BCUT2D eigenvalue weighted by Crippen LogP contribution is -2.22. The molecule has 0 aliphatic heterocycles. The van der Waals surface area contributed by atoms with Crippen LogP contribution >= 0.6 is 0 Å². The number of nitrogens with zero attached hydrogens (tertiary/aromatic N) is 4. The van der Waals surface area contributed by atoms with E-state index in [-0.39, 0.29) is 17.2 Å². The van der Waals surface area contributed by atoms with E-state index in [0.29, 0.717) is 0 Å². The number of hydrogen-bond acceptors (Lipinski definition) is 5. The van der Waals surface area contributed by atoms with Gasteiger partial charge in [-0.25, -0.2) is 14.6 Å². The lowest BCUT2D eigenvalue weighted by molar-refractivity contribution is 0.0991. The van der Waals surface area contributed by atoms with Crippen molar-refractivity contribution in [3.05, 3.63) is 36.0 Å². The molecule has 0 aliphatic rings. The van der Waals surface area contributed by atoms with E-state index >= 15 is 0 Å². The van der Waals surface area contributed by atoms with E-state index in [1.807, 2.05) is 0 Å². The highest BCUT2D eigenvalue weighted by Crippen LogP contribution is 2.08. The summed E-state index contributed by atoms with van der Waals surface area (Å²) in [7, 11) is 0. The van der Waals surface area contributed by atoms with Crippen molar-refractivity contribution in [1.29, 1.82) is 0 Å². The lowest BCUT2D eigenvalue weighted by atomic mass is 10.3. The Morgan fingerprint density at radius 3 is 2.53 bits per heavy atom. The van der Waals surface area contributed by atoms with Crippen molar-refractivity contribution in [1.82, 2.24) is 19.7 Å². The van der Waals surface area contributed by atoms with Crippen molar-refractivity contribution >= 4 is 11.8 Å². The number of carbonyl (C=O) groups excluding carboxylic acids is 2. The number of rotatable bonds is 3. The molecule has 0 bridgehead atoms. The Labute approximate surface area is 95.3 Å². The van der Waals surface area contributed by atoms with Crippen LogP contribution in [0, 0.1) is 0 Å². The molecule has 2 aromatic heterocycles. The van der Waals surface area contributed by atoms with Gasteiger partial charge < -0.3 is 11.5 Å². The molecule has 0 fully saturated rings. The quantitative estimate of drug-likeness (QED) is 0.690. The monoisotopic (exact) mass is 232 g/mol. The number of amides is 2. The fourth-order valence-electron chi connectivity index (χ4n) is 1.23. The number of nitrogens with two attached hydrogens (primary N) is 2. The van der Waals surface area contributed by atoms with E-state index in [2.05, 4.69) is 15.1 Å². The maximum Gasteiger partial charge on any atom is 0.271 e. The molecule has 86 valence electrons. The summed E-state index contributed by atoms with van der Waals surface area (Å²) in [6.07, 6.45) is 4.24. The Kier molecular flexibility index (Phi) is 2.53. The summed E-state index contributed by atoms with van der Waals surface area (Å²) in [5, 5.41) is 3.89. The molecule has 8 nitrogen and oxygen atoms in total. The second-order valence-corrected chi connectivity index (χ2v) is 3.11. The minimum absolute atomic E-state index is 0.130. The van der Waals surface area contributed by atoms with Crippen LogP contribution in [0.2, 0.25) is 0 Å². The second kappa shape index (κ2) is 4.00. The summed E-state index contributed by atoms with van der Waals surface area (Å²) in [5.41, 5.74) is 9.90. The highest BCUT2D eigenvalue weighted by atomic mass is 16.1. The fraction of sp³-hybridized carbons (Fsp3) is 0. The average Bonchev–Trinajstić information content (AvgIpc) is 2.81. The predicted octanol–water partition coefficient (Wildman–Crippen LogP) is -1.14. The van der Waals surface area contributed by atoms with E-state index in [1.165, 1.54) is 10.9 Å². The topological polar surface area (TPSA) is 130 Å². The molecule has 0 saturated carbocycles. The number of aromatic nitrogens is 4. The van der Waals surface area contributed by atoms with Crippen molar-refractivity contribution in [2.45, 2.75) is 0 Å². The van der Waals surface area contributed by atoms with Gasteiger partial charge in [-0.1, -0.05) is 0 Å². The van der Waals surface area contributed by atoms with Crippen molar-refractivity contribution in [3.8, 4) is 5.82 Å². The van der Waals surface area contributed by atoms with Gasteiger partial charge in [0.05, 0.1) is 6.20 Å². The Morgan fingerprint density at radius 1 is 1.24 bits per heavy atom. The minimum atomic E-state index is -0.814. The van der Waals surface area contributed by atoms with Gasteiger partial charge in [0.2, 0.25) is 0 Å². The molecule has 0 atom stereocenters. The van der Waals surface area contributed by atoms with Gasteiger partial charge in [0.1, 0.15) is 5.69 Å². The van der Waals surface area contributed by atoms with E-state index in [9.17, 15) is 9.59 Å². The van der Waals surface area contributed by atoms with Crippen molar-refractivity contribution in [3.63, 3.8) is 0 Å². The first-order valence-corrected chi connectivity index (χ1v) is 4.56. The third-order valence-corrected chi connectivity index (χ3v) is 1.96. The van der Waals surface area contributed by atoms with Crippen LogP contribution in [0.15, 0.2) is 24.7 Å². The van der Waals surface area contributed by atoms with Crippen molar-refractivity contribution < 1.29 is 9.59 Å². The lowest BCUT2D eigenvalue weighted by Gasteiger charge is -2.05. The Hall–Kier alpha value is -2.77. The van der Waals surface area contributed by atoms with Gasteiger partial charge in [0.15, 0.2) is 11.5 Å². The number of carbonyl (C=O) groups is 2. The summed E-state index contributed by atoms with van der Waals surface area (Å²) in [4.78, 5) is 29.8. The van der Waals surface area contributed by atoms with Crippen LogP contribution in [0.4, 0.5) is 0 Å². The van der Waals surface area contributed by atoms with Gasteiger partial charge in [-0.15, -0.1) is 0 Å². The summed E-state index contributed by atoms with van der Waals surface area (Å²) in [6.45, 7) is 0. The summed E-state index contributed by atoms with van der Waals surface area (Å²) >= 11 is 0. The van der Waals surface area contributed by atoms with E-state index in [1.54, 1.807) is 12.3 Å². The zero-order chi connectivity index (χ0) is 12.4. The van der Waals surface area contributed by atoms with Gasteiger partial charge in [0, 0.05) is 12.4 Å². The molecule has 0 unspecified atom stereocenters. The normalized spacial score (nSPS) is 10.1. The Bertz CT molecular complexity index is 577. The second-order valence-electron chi connectivity index (χ2n) is 3.11. The molecule has 0 spiro atoms. The van der Waals surface area contributed by atoms with Crippen LogP contribution in [-0.2, 0) is 0 Å². The largest absolute Gasteiger partial charge is 0.364 e. The first kappa shape index (κ1) is 10.7. The zero-order valence-corrected chi connectivity index (χ0v) is 8.57. The predicted molar refractivity (Wildman–Crippen MR) is 56.2 cm³/mol. The summed E-state index contributed by atoms with van der Waals surface area (Å²) in [5.74, 6) is -1.45. The molecule has 0 aromatic carbocycles. The summed E-state index contributed by atoms with van der Waals surface area (Å²) < 4.78 is 1.32. The van der Waals surface area contributed by atoms with E-state index in [0.717, 1.165) is 6.20 Å². The molecule has 8 heteroatoms. The highest BCUT2D eigenvalue weighted by Gasteiger charge is 2.16. The number of hydrogen-bond donors (Lipinski definition) is 2. The third-order valence-electron chi connectivity index (χ3n) is 1.96. The van der Waals surface area contributed by atoms with Crippen LogP contribution in [0.25, 0.3) is 5.82 Å². The van der Waals surface area contributed by atoms with Gasteiger partial charge in [0.25, 0.3) is 11.8 Å². The molecule has 2 heterocycles. The first-order valence-electron chi connectivity index (χ1n) is 4.56. The van der Waals surface area contributed by atoms with E-state index < -0.39 is 11.8 Å². The first-order chi connectivity index (χ1) is 8.09. The van der Waals surface area contributed by atoms with Crippen LogP contribution in [-0.4, -0.2) is 31.6 Å². The Balaban J connectivity index is 2.61. The molecular formula is C9H8N6O2. The smallest absolute Gasteiger partial charge is 0.271 e. The molecule has 0 saturated heterocycles. The Morgan fingerprint density at radius 2 is 2.00 bits per heavy atom. The molecule has 0 aliphatic carbocycles. The third kappa shape index (κ3) is 1.95. The molecular weight excluding hydrogens is 224 g/mol. The molecule has 4 N–H and O–H groups in total. The maximum absolute atomic E-state index is 11.2. The van der Waals surface area contributed by atoms with Crippen LogP contribution in [0.5, 0.6) is 0 Å². The van der Waals surface area contributed by atoms with Gasteiger partial charge >= 0.3 is 0 Å². The molecule has 0 radical (unpaired) electrons. The highest BCUT2D eigenvalue weighted by molar-refractivity contribution is 5.96. The van der Waals surface area contributed by atoms with Gasteiger partial charge in [-0.3, -0.25) is 9.59 Å². The minimum Gasteiger partial charge on any atom is -0.364 e. The van der Waals surface area contributed by atoms with Crippen LogP contribution in [0.3, 0.4) is 0 Å². The van der Waals surface area contributed by atoms with Crippen LogP contribution in [0.1, 0.15) is 21.0 Å². The average molecular weight is 232 g/mol. The SMILES string of the molecule is NC(=O)c1cnc(-n2cccn2)c(C(N)=O)n1. The van der Waals surface area contributed by atoms with E-state index in [4.69, 9.17) is 11.5 Å². The number of primary amides is 2. The fourth-order valence-corrected chi connectivity index (χ4v) is 1.23. The van der Waals surface area contributed by atoms with Crippen molar-refractivity contribution in [2.75, 3.05) is 0 Å². The molecule has 17 heavy (non-hydrogen) atoms. The van der Waals surface area contributed by atoms with Crippen molar-refractivity contribution in [2.24, 2.45) is 11.5 Å². The maximum atomic E-state index is 11.2.